The molecular formula is C9H13N3O. The van der Waals surface area contributed by atoms with Gasteiger partial charge in [0.05, 0.1) is 11.9 Å². The molecule has 0 unspecified atom stereocenters. The number of nitrogens with zero attached hydrogens (tertiary/aromatic N) is 2. The normalized spacial score (nSPS) is 9.62. The van der Waals surface area contributed by atoms with E-state index in [-0.39, 0.29) is 0 Å². The maximum absolute atomic E-state index is 10.7. The molecule has 1 aromatic rings. The average Bonchev–Trinajstić information content (AvgIpc) is 2.21. The van der Waals surface area contributed by atoms with Gasteiger partial charge < -0.3 is 10.2 Å². The first-order valence-corrected chi connectivity index (χ1v) is 4.15. The Kier molecular flexibility index (Phi) is 3.92. The molecule has 1 aromatic heterocycles. The highest BCUT2D eigenvalue weighted by Crippen LogP contribution is 2.07. The molecule has 0 saturated heterocycles. The third-order valence-electron chi connectivity index (χ3n) is 1.71. The molecule has 0 aliphatic carbocycles. The number of carbonyl (C=O) groups excluding carboxylic acids is 1. The topological polar surface area (TPSA) is 45.2 Å². The third kappa shape index (κ3) is 2.83. The summed E-state index contributed by atoms with van der Waals surface area (Å²) in [5, 5.41) is 2.98. The number of aromatic nitrogens is 1. The fraction of sp³-hybridized carbons (Fsp3) is 0.333. The predicted molar refractivity (Wildman–Crippen MR) is 51.6 cm³/mol. The van der Waals surface area contributed by atoms with Crippen LogP contribution in [-0.2, 0) is 4.79 Å². The largest absolute Gasteiger partial charge is 0.318 e. The first-order valence-electron chi connectivity index (χ1n) is 4.15. The molecule has 4 heteroatoms. The molecular weight excluding hydrogens is 166 g/mol. The minimum Gasteiger partial charge on any atom is -0.318 e. The Bertz CT molecular complexity index is 250. The smallest absolute Gasteiger partial charge is 0.214 e. The number of rotatable bonds is 5. The molecule has 1 amide bonds. The number of hydrogen-bond donors (Lipinski definition) is 1. The van der Waals surface area contributed by atoms with E-state index in [1.54, 1.807) is 17.3 Å². The van der Waals surface area contributed by atoms with E-state index >= 15 is 0 Å². The minimum atomic E-state index is 0.658. The lowest BCUT2D eigenvalue weighted by Crippen LogP contribution is -2.29. The van der Waals surface area contributed by atoms with Crippen LogP contribution in [0.1, 0.15) is 0 Å². The highest BCUT2D eigenvalue weighted by atomic mass is 16.1. The van der Waals surface area contributed by atoms with Gasteiger partial charge in [0.2, 0.25) is 6.41 Å². The summed E-state index contributed by atoms with van der Waals surface area (Å²) in [4.78, 5) is 16.2. The maximum atomic E-state index is 10.7. The van der Waals surface area contributed by atoms with Gasteiger partial charge in [-0.3, -0.25) is 9.78 Å². The second kappa shape index (κ2) is 5.27. The van der Waals surface area contributed by atoms with Crippen LogP contribution in [0.25, 0.3) is 0 Å². The Morgan fingerprint density at radius 2 is 2.54 bits per heavy atom. The van der Waals surface area contributed by atoms with Gasteiger partial charge in [-0.2, -0.15) is 0 Å². The van der Waals surface area contributed by atoms with Crippen molar-refractivity contribution < 1.29 is 4.79 Å². The fourth-order valence-electron chi connectivity index (χ4n) is 0.999. The summed E-state index contributed by atoms with van der Waals surface area (Å²) in [6.07, 6.45) is 4.17. The third-order valence-corrected chi connectivity index (χ3v) is 1.71. The van der Waals surface area contributed by atoms with Crippen molar-refractivity contribution in [3.05, 3.63) is 24.5 Å². The Morgan fingerprint density at radius 1 is 1.69 bits per heavy atom. The molecule has 0 fully saturated rings. The number of pyridine rings is 1. The van der Waals surface area contributed by atoms with Crippen molar-refractivity contribution >= 4 is 12.1 Å². The number of likely N-dealkylation sites (N-methyl/N-ethyl adjacent to an activating group) is 1. The van der Waals surface area contributed by atoms with Gasteiger partial charge in [0.25, 0.3) is 0 Å². The molecule has 1 heterocycles. The van der Waals surface area contributed by atoms with Gasteiger partial charge in [-0.05, 0) is 19.2 Å². The first kappa shape index (κ1) is 9.67. The van der Waals surface area contributed by atoms with Crippen LogP contribution in [0.4, 0.5) is 5.69 Å². The first-order chi connectivity index (χ1) is 6.38. The Morgan fingerprint density at radius 3 is 3.08 bits per heavy atom. The highest BCUT2D eigenvalue weighted by Gasteiger charge is 2.02. The van der Waals surface area contributed by atoms with Crippen molar-refractivity contribution in [2.24, 2.45) is 0 Å². The van der Waals surface area contributed by atoms with Crippen molar-refractivity contribution in [1.82, 2.24) is 10.3 Å². The second-order valence-electron chi connectivity index (χ2n) is 2.61. The molecule has 0 atom stereocenters. The zero-order valence-electron chi connectivity index (χ0n) is 7.60. The molecule has 0 bridgehead atoms. The summed E-state index contributed by atoms with van der Waals surface area (Å²) >= 11 is 0. The van der Waals surface area contributed by atoms with E-state index in [1.807, 2.05) is 19.2 Å². The van der Waals surface area contributed by atoms with Crippen LogP contribution in [-0.4, -0.2) is 31.5 Å². The quantitative estimate of drug-likeness (QED) is 0.660. The van der Waals surface area contributed by atoms with Gasteiger partial charge in [-0.1, -0.05) is 0 Å². The van der Waals surface area contributed by atoms with Crippen LogP contribution in [0, 0.1) is 0 Å². The monoisotopic (exact) mass is 179 g/mol. The molecule has 1 rings (SSSR count). The summed E-state index contributed by atoms with van der Waals surface area (Å²) in [5.74, 6) is 0. The van der Waals surface area contributed by atoms with Crippen LogP contribution in [0.5, 0.6) is 0 Å². The van der Waals surface area contributed by atoms with Gasteiger partial charge >= 0.3 is 0 Å². The summed E-state index contributed by atoms with van der Waals surface area (Å²) in [7, 11) is 1.85. The molecule has 0 spiro atoms. The van der Waals surface area contributed by atoms with Crippen molar-refractivity contribution in [2.45, 2.75) is 0 Å². The molecule has 0 aliphatic rings. The molecule has 0 aliphatic heterocycles. The summed E-state index contributed by atoms with van der Waals surface area (Å²) in [5.41, 5.74) is 0.827. The predicted octanol–water partition coefficient (Wildman–Crippen LogP) is 0.264. The van der Waals surface area contributed by atoms with Crippen LogP contribution in [0.15, 0.2) is 24.5 Å². The van der Waals surface area contributed by atoms with Crippen molar-refractivity contribution in [2.75, 3.05) is 25.0 Å². The standard InChI is InChI=1S/C9H13N3O/c1-10-5-6-12(8-13)9-3-2-4-11-7-9/h2-4,7-8,10H,5-6H2,1H3. The molecule has 13 heavy (non-hydrogen) atoms. The van der Waals surface area contributed by atoms with Gasteiger partial charge in [-0.15, -0.1) is 0 Å². The van der Waals surface area contributed by atoms with Crippen LogP contribution in [0.3, 0.4) is 0 Å². The van der Waals surface area contributed by atoms with E-state index in [4.69, 9.17) is 0 Å². The second-order valence-corrected chi connectivity index (χ2v) is 2.61. The van der Waals surface area contributed by atoms with Crippen molar-refractivity contribution in [3.63, 3.8) is 0 Å². The lowest BCUT2D eigenvalue weighted by Gasteiger charge is -2.15. The lowest BCUT2D eigenvalue weighted by molar-refractivity contribution is -0.107. The summed E-state index contributed by atoms with van der Waals surface area (Å²) in [6.45, 7) is 1.43. The van der Waals surface area contributed by atoms with E-state index in [9.17, 15) is 4.79 Å². The molecule has 0 saturated carbocycles. The van der Waals surface area contributed by atoms with Crippen molar-refractivity contribution in [3.8, 4) is 0 Å². The van der Waals surface area contributed by atoms with Gasteiger partial charge in [0.1, 0.15) is 0 Å². The number of carbonyl (C=O) groups is 1. The Balaban J connectivity index is 2.61. The summed E-state index contributed by atoms with van der Waals surface area (Å²) in [6, 6.07) is 3.67. The van der Waals surface area contributed by atoms with Gasteiger partial charge in [0.15, 0.2) is 0 Å². The number of nitrogens with one attached hydrogen (secondary N) is 1. The van der Waals surface area contributed by atoms with Gasteiger partial charge in [-0.25, -0.2) is 0 Å². The Labute approximate surface area is 77.6 Å². The number of anilines is 1. The molecule has 70 valence electrons. The molecule has 1 N–H and O–H groups in total. The van der Waals surface area contributed by atoms with Crippen LogP contribution < -0.4 is 10.2 Å². The highest BCUT2D eigenvalue weighted by molar-refractivity contribution is 5.74. The SMILES string of the molecule is CNCCN(C=O)c1cccnc1. The number of hydrogen-bond acceptors (Lipinski definition) is 3. The molecule has 4 nitrogen and oxygen atoms in total. The summed E-state index contributed by atoms with van der Waals surface area (Å²) < 4.78 is 0. The zero-order valence-corrected chi connectivity index (χ0v) is 7.60. The van der Waals surface area contributed by atoms with E-state index in [0.717, 1.165) is 18.6 Å². The van der Waals surface area contributed by atoms with Crippen molar-refractivity contribution in [1.29, 1.82) is 0 Å². The number of amides is 1. The minimum absolute atomic E-state index is 0.658. The molecule has 0 aromatic carbocycles. The fourth-order valence-corrected chi connectivity index (χ4v) is 0.999. The van der Waals surface area contributed by atoms with E-state index in [1.165, 1.54) is 0 Å². The van der Waals surface area contributed by atoms with E-state index in [0.29, 0.717) is 6.54 Å². The van der Waals surface area contributed by atoms with E-state index < -0.39 is 0 Å². The zero-order chi connectivity index (χ0) is 9.52. The maximum Gasteiger partial charge on any atom is 0.214 e. The van der Waals surface area contributed by atoms with Crippen LogP contribution >= 0.6 is 0 Å². The lowest BCUT2D eigenvalue weighted by atomic mass is 10.4. The molecule has 0 radical (unpaired) electrons. The van der Waals surface area contributed by atoms with E-state index in [2.05, 4.69) is 10.3 Å². The average molecular weight is 179 g/mol. The van der Waals surface area contributed by atoms with Gasteiger partial charge in [0, 0.05) is 19.3 Å². The Hall–Kier alpha value is -1.42. The van der Waals surface area contributed by atoms with Crippen LogP contribution in [0.2, 0.25) is 0 Å².